The maximum Gasteiger partial charge on any atom is 0.119 e. The van der Waals surface area contributed by atoms with Crippen molar-refractivity contribution in [1.29, 1.82) is 0 Å². The summed E-state index contributed by atoms with van der Waals surface area (Å²) in [5.74, 6) is 0.898. The molecule has 0 aliphatic carbocycles. The van der Waals surface area contributed by atoms with E-state index in [-0.39, 0.29) is 6.04 Å². The molecule has 0 aliphatic heterocycles. The summed E-state index contributed by atoms with van der Waals surface area (Å²) in [6, 6.07) is 10.2. The molecular formula is C14H17NOS. The van der Waals surface area contributed by atoms with Crippen molar-refractivity contribution in [2.45, 2.75) is 19.4 Å². The van der Waals surface area contributed by atoms with E-state index < -0.39 is 0 Å². The zero-order valence-corrected chi connectivity index (χ0v) is 10.7. The monoisotopic (exact) mass is 247 g/mol. The molecule has 0 unspecified atom stereocenters. The molecule has 0 aliphatic rings. The molecule has 90 valence electrons. The molecule has 2 rings (SSSR count). The molecule has 0 radical (unpaired) electrons. The second-order valence-corrected chi connectivity index (χ2v) is 4.87. The van der Waals surface area contributed by atoms with Crippen LogP contribution in [0, 0.1) is 0 Å². The SMILES string of the molecule is C[C@@H](N)c1cccc(OCCc2ccsc2)c1. The van der Waals surface area contributed by atoms with Crippen molar-refractivity contribution < 1.29 is 4.74 Å². The first-order valence-electron chi connectivity index (χ1n) is 5.75. The average Bonchev–Trinajstić information content (AvgIpc) is 2.82. The van der Waals surface area contributed by atoms with Crippen molar-refractivity contribution in [3.8, 4) is 5.75 Å². The Hall–Kier alpha value is -1.32. The predicted octanol–water partition coefficient (Wildman–Crippen LogP) is 3.39. The van der Waals surface area contributed by atoms with Gasteiger partial charge in [0, 0.05) is 12.5 Å². The van der Waals surface area contributed by atoms with Gasteiger partial charge in [-0.15, -0.1) is 0 Å². The van der Waals surface area contributed by atoms with Gasteiger partial charge in [-0.25, -0.2) is 0 Å². The van der Waals surface area contributed by atoms with Crippen LogP contribution in [0.15, 0.2) is 41.1 Å². The summed E-state index contributed by atoms with van der Waals surface area (Å²) in [5, 5.41) is 4.24. The van der Waals surface area contributed by atoms with E-state index in [9.17, 15) is 0 Å². The molecule has 2 nitrogen and oxygen atoms in total. The van der Waals surface area contributed by atoms with Crippen molar-refractivity contribution in [2.75, 3.05) is 6.61 Å². The molecule has 0 amide bonds. The molecule has 1 aromatic carbocycles. The molecule has 2 aromatic rings. The molecule has 0 saturated carbocycles. The third-order valence-electron chi connectivity index (χ3n) is 2.62. The minimum absolute atomic E-state index is 0.0513. The summed E-state index contributed by atoms with van der Waals surface area (Å²) in [7, 11) is 0. The minimum Gasteiger partial charge on any atom is -0.493 e. The van der Waals surface area contributed by atoms with E-state index in [2.05, 4.69) is 16.8 Å². The molecular weight excluding hydrogens is 230 g/mol. The Kier molecular flexibility index (Phi) is 4.18. The largest absolute Gasteiger partial charge is 0.493 e. The third-order valence-corrected chi connectivity index (χ3v) is 3.36. The van der Waals surface area contributed by atoms with Crippen molar-refractivity contribution in [3.05, 3.63) is 52.2 Å². The highest BCUT2D eigenvalue weighted by Crippen LogP contribution is 2.18. The second kappa shape index (κ2) is 5.84. The van der Waals surface area contributed by atoms with Crippen LogP contribution in [0.5, 0.6) is 5.75 Å². The first-order chi connectivity index (χ1) is 8.25. The Bertz CT molecular complexity index is 451. The van der Waals surface area contributed by atoms with E-state index in [4.69, 9.17) is 10.5 Å². The lowest BCUT2D eigenvalue weighted by Gasteiger charge is -2.09. The predicted molar refractivity (Wildman–Crippen MR) is 72.6 cm³/mol. The van der Waals surface area contributed by atoms with Crippen molar-refractivity contribution >= 4 is 11.3 Å². The van der Waals surface area contributed by atoms with Crippen molar-refractivity contribution in [3.63, 3.8) is 0 Å². The molecule has 1 heterocycles. The van der Waals surface area contributed by atoms with Crippen LogP contribution in [0.3, 0.4) is 0 Å². The summed E-state index contributed by atoms with van der Waals surface area (Å²) in [4.78, 5) is 0. The standard InChI is InChI=1S/C14H17NOS/c1-11(15)13-3-2-4-14(9-13)16-7-5-12-6-8-17-10-12/h2-4,6,8-11H,5,7,15H2,1H3/t11-/m1/s1. The Morgan fingerprint density at radius 2 is 2.24 bits per heavy atom. The molecule has 3 heteroatoms. The van der Waals surface area contributed by atoms with Crippen molar-refractivity contribution in [2.24, 2.45) is 5.73 Å². The van der Waals surface area contributed by atoms with Gasteiger partial charge in [-0.1, -0.05) is 12.1 Å². The zero-order chi connectivity index (χ0) is 12.1. The number of rotatable bonds is 5. The minimum atomic E-state index is 0.0513. The van der Waals surface area contributed by atoms with Crippen LogP contribution in [0.4, 0.5) is 0 Å². The molecule has 0 fully saturated rings. The van der Waals surface area contributed by atoms with Gasteiger partial charge >= 0.3 is 0 Å². The Morgan fingerprint density at radius 3 is 2.94 bits per heavy atom. The number of thiophene rings is 1. The molecule has 1 aromatic heterocycles. The van der Waals surface area contributed by atoms with Crippen LogP contribution in [0.1, 0.15) is 24.1 Å². The van der Waals surface area contributed by atoms with E-state index in [1.807, 2.05) is 31.2 Å². The smallest absolute Gasteiger partial charge is 0.119 e. The van der Waals surface area contributed by atoms with Crippen LogP contribution in [0.25, 0.3) is 0 Å². The topological polar surface area (TPSA) is 35.2 Å². The lowest BCUT2D eigenvalue weighted by Crippen LogP contribution is -2.06. The first kappa shape index (κ1) is 12.1. The Morgan fingerprint density at radius 1 is 1.35 bits per heavy atom. The lowest BCUT2D eigenvalue weighted by molar-refractivity contribution is 0.321. The van der Waals surface area contributed by atoms with E-state index in [1.54, 1.807) is 11.3 Å². The fourth-order valence-corrected chi connectivity index (χ4v) is 2.31. The Balaban J connectivity index is 1.88. The van der Waals surface area contributed by atoms with E-state index >= 15 is 0 Å². The van der Waals surface area contributed by atoms with Gasteiger partial charge in [0.05, 0.1) is 6.61 Å². The third kappa shape index (κ3) is 3.58. The quantitative estimate of drug-likeness (QED) is 0.879. The summed E-state index contributed by atoms with van der Waals surface area (Å²) in [6.45, 7) is 2.68. The highest BCUT2D eigenvalue weighted by Gasteiger charge is 2.01. The van der Waals surface area contributed by atoms with Crippen molar-refractivity contribution in [1.82, 2.24) is 0 Å². The maximum absolute atomic E-state index is 5.83. The van der Waals surface area contributed by atoms with Crippen LogP contribution in [0.2, 0.25) is 0 Å². The van der Waals surface area contributed by atoms with Gasteiger partial charge in [0.25, 0.3) is 0 Å². The maximum atomic E-state index is 5.83. The number of hydrogen-bond donors (Lipinski definition) is 1. The van der Waals surface area contributed by atoms with Gasteiger partial charge in [0.15, 0.2) is 0 Å². The average molecular weight is 247 g/mol. The van der Waals surface area contributed by atoms with Gasteiger partial charge in [-0.2, -0.15) is 11.3 Å². The van der Waals surface area contributed by atoms with E-state index in [1.165, 1.54) is 5.56 Å². The number of hydrogen-bond acceptors (Lipinski definition) is 3. The summed E-state index contributed by atoms with van der Waals surface area (Å²) >= 11 is 1.72. The summed E-state index contributed by atoms with van der Waals surface area (Å²) in [5.41, 5.74) is 8.28. The normalized spacial score (nSPS) is 12.4. The molecule has 17 heavy (non-hydrogen) atoms. The summed E-state index contributed by atoms with van der Waals surface area (Å²) < 4.78 is 5.72. The highest BCUT2D eigenvalue weighted by atomic mass is 32.1. The molecule has 2 N–H and O–H groups in total. The molecule has 1 atom stereocenters. The number of benzene rings is 1. The highest BCUT2D eigenvalue weighted by molar-refractivity contribution is 7.07. The fraction of sp³-hybridized carbons (Fsp3) is 0.286. The summed E-state index contributed by atoms with van der Waals surface area (Å²) in [6.07, 6.45) is 0.950. The van der Waals surface area contributed by atoms with Gasteiger partial charge < -0.3 is 10.5 Å². The van der Waals surface area contributed by atoms with Gasteiger partial charge in [0.2, 0.25) is 0 Å². The van der Waals surface area contributed by atoms with E-state index in [0.717, 1.165) is 17.7 Å². The van der Waals surface area contributed by atoms with Gasteiger partial charge in [0.1, 0.15) is 5.75 Å². The molecule has 0 spiro atoms. The zero-order valence-electron chi connectivity index (χ0n) is 9.93. The van der Waals surface area contributed by atoms with Gasteiger partial charge in [-0.05, 0) is 47.0 Å². The number of nitrogens with two attached hydrogens (primary N) is 1. The second-order valence-electron chi connectivity index (χ2n) is 4.09. The first-order valence-corrected chi connectivity index (χ1v) is 6.69. The van der Waals surface area contributed by atoms with E-state index in [0.29, 0.717) is 6.61 Å². The number of ether oxygens (including phenoxy) is 1. The van der Waals surface area contributed by atoms with Crippen LogP contribution < -0.4 is 10.5 Å². The molecule has 0 bridgehead atoms. The Labute approximate surface area is 106 Å². The van der Waals surface area contributed by atoms with Crippen LogP contribution >= 0.6 is 11.3 Å². The lowest BCUT2D eigenvalue weighted by atomic mass is 10.1. The van der Waals surface area contributed by atoms with Crippen LogP contribution in [-0.4, -0.2) is 6.61 Å². The molecule has 0 saturated heterocycles. The fourth-order valence-electron chi connectivity index (χ4n) is 1.61. The van der Waals surface area contributed by atoms with Crippen LogP contribution in [-0.2, 0) is 6.42 Å². The van der Waals surface area contributed by atoms with Gasteiger partial charge in [-0.3, -0.25) is 0 Å².